The average molecular weight is 768 g/mol. The number of hydrogen-bond acceptors (Lipinski definition) is 8. The first-order valence-electron chi connectivity index (χ1n) is 20.0. The van der Waals surface area contributed by atoms with Gasteiger partial charge in [0.2, 0.25) is 11.8 Å². The lowest BCUT2D eigenvalue weighted by Crippen LogP contribution is -2.52. The number of pyridine rings is 1. The maximum Gasteiger partial charge on any atom is 0.270 e. The summed E-state index contributed by atoms with van der Waals surface area (Å²) in [6.07, 6.45) is 4.78. The van der Waals surface area contributed by atoms with E-state index in [0.717, 1.165) is 97.6 Å². The molecule has 56 heavy (non-hydrogen) atoms. The number of alkyl halides is 2. The summed E-state index contributed by atoms with van der Waals surface area (Å²) in [5.74, 6) is 0.498. The number of nitrogens with one attached hydrogen (secondary N) is 3. The van der Waals surface area contributed by atoms with Crippen molar-refractivity contribution in [3.8, 4) is 5.75 Å². The highest BCUT2D eigenvalue weighted by molar-refractivity contribution is 6.03. The average Bonchev–Trinajstić information content (AvgIpc) is 3.57. The number of piperidine rings is 3. The van der Waals surface area contributed by atoms with Crippen molar-refractivity contribution in [2.24, 2.45) is 5.92 Å². The van der Waals surface area contributed by atoms with E-state index in [0.29, 0.717) is 18.3 Å². The summed E-state index contributed by atoms with van der Waals surface area (Å²) in [5, 5.41) is 6.10. The van der Waals surface area contributed by atoms with Gasteiger partial charge in [-0.2, -0.15) is 0 Å². The number of benzene rings is 2. The number of hydrogen-bond donors (Lipinski definition) is 3. The molecule has 13 heteroatoms. The van der Waals surface area contributed by atoms with Gasteiger partial charge in [-0.15, -0.1) is 0 Å². The van der Waals surface area contributed by atoms with E-state index < -0.39 is 24.3 Å². The van der Waals surface area contributed by atoms with Crippen LogP contribution < -0.4 is 20.3 Å². The molecule has 0 bridgehead atoms. The number of likely N-dealkylation sites (tertiary alicyclic amines) is 1. The van der Waals surface area contributed by atoms with Gasteiger partial charge in [0.1, 0.15) is 17.5 Å². The lowest BCUT2D eigenvalue weighted by Gasteiger charge is -2.41. The van der Waals surface area contributed by atoms with Crippen molar-refractivity contribution in [2.75, 3.05) is 51.3 Å². The predicted octanol–water partition coefficient (Wildman–Crippen LogP) is 5.80. The molecule has 2 aromatic heterocycles. The Morgan fingerprint density at radius 1 is 1.00 bits per heavy atom. The molecule has 4 aliphatic rings. The lowest BCUT2D eigenvalue weighted by atomic mass is 9.88. The molecule has 296 valence electrons. The lowest BCUT2D eigenvalue weighted by molar-refractivity contribution is -0.134. The highest BCUT2D eigenvalue weighted by Crippen LogP contribution is 2.45. The topological polar surface area (TPSA) is 123 Å². The van der Waals surface area contributed by atoms with Crippen molar-refractivity contribution in [3.05, 3.63) is 88.9 Å². The number of anilines is 1. The molecule has 4 aromatic rings. The fourth-order valence-corrected chi connectivity index (χ4v) is 9.44. The number of aromatic amines is 1. The molecule has 3 saturated heterocycles. The third kappa shape index (κ3) is 7.88. The van der Waals surface area contributed by atoms with E-state index in [-0.39, 0.29) is 43.1 Å². The van der Waals surface area contributed by atoms with Gasteiger partial charge in [0.15, 0.2) is 0 Å². The minimum absolute atomic E-state index is 0.0619. The maximum atomic E-state index is 14.0. The molecule has 1 unspecified atom stereocenters. The first kappa shape index (κ1) is 38.0. The van der Waals surface area contributed by atoms with Crippen molar-refractivity contribution in [2.45, 2.75) is 82.3 Å². The van der Waals surface area contributed by atoms with E-state index in [4.69, 9.17) is 4.74 Å². The molecule has 0 saturated carbocycles. The first-order valence-corrected chi connectivity index (χ1v) is 20.0. The first-order chi connectivity index (χ1) is 27.1. The summed E-state index contributed by atoms with van der Waals surface area (Å²) in [4.78, 5) is 51.1. The van der Waals surface area contributed by atoms with Gasteiger partial charge < -0.3 is 24.8 Å². The quantitative estimate of drug-likeness (QED) is 0.173. The van der Waals surface area contributed by atoms with E-state index in [1.54, 1.807) is 19.4 Å². The number of aromatic nitrogens is 2. The van der Waals surface area contributed by atoms with E-state index >= 15 is 0 Å². The van der Waals surface area contributed by atoms with Crippen molar-refractivity contribution in [1.82, 2.24) is 30.4 Å². The minimum atomic E-state index is -2.45. The number of para-hydroxylation sites is 1. The maximum absolute atomic E-state index is 14.0. The summed E-state index contributed by atoms with van der Waals surface area (Å²) >= 11 is 0. The zero-order valence-corrected chi connectivity index (χ0v) is 32.1. The van der Waals surface area contributed by atoms with Gasteiger partial charge in [0, 0.05) is 72.2 Å². The largest absolute Gasteiger partial charge is 0.496 e. The van der Waals surface area contributed by atoms with Crippen LogP contribution in [0.4, 0.5) is 14.5 Å². The van der Waals surface area contributed by atoms with Crippen LogP contribution in [0.1, 0.15) is 90.3 Å². The van der Waals surface area contributed by atoms with E-state index in [1.165, 1.54) is 5.56 Å². The molecule has 4 aliphatic heterocycles. The molecule has 0 spiro atoms. The van der Waals surface area contributed by atoms with Crippen LogP contribution in [0, 0.1) is 5.92 Å². The molecule has 6 heterocycles. The number of fused-ring (bicyclic) bond motifs is 3. The monoisotopic (exact) mass is 767 g/mol. The Morgan fingerprint density at radius 2 is 1.79 bits per heavy atom. The number of carbonyl (C=O) groups is 3. The van der Waals surface area contributed by atoms with Crippen molar-refractivity contribution >= 4 is 34.3 Å². The number of ether oxygens (including phenoxy) is 1. The van der Waals surface area contributed by atoms with Crippen molar-refractivity contribution < 1.29 is 27.9 Å². The fraction of sp³-hybridized carbons (Fsp3) is 0.488. The van der Waals surface area contributed by atoms with Gasteiger partial charge in [-0.1, -0.05) is 30.3 Å². The van der Waals surface area contributed by atoms with Gasteiger partial charge in [-0.25, -0.2) is 8.78 Å². The number of halogens is 2. The van der Waals surface area contributed by atoms with Crippen LogP contribution in [-0.4, -0.2) is 102 Å². The second kappa shape index (κ2) is 16.3. The summed E-state index contributed by atoms with van der Waals surface area (Å²) in [5.41, 5.74) is 6.58. The van der Waals surface area contributed by atoms with Crippen LogP contribution in [0.15, 0.2) is 60.8 Å². The third-order valence-electron chi connectivity index (χ3n) is 12.5. The molecular weight excluding hydrogens is 717 g/mol. The second-order valence-electron chi connectivity index (χ2n) is 16.0. The molecule has 11 nitrogen and oxygen atoms in total. The van der Waals surface area contributed by atoms with Crippen LogP contribution in [0.3, 0.4) is 0 Å². The zero-order chi connectivity index (χ0) is 38.9. The van der Waals surface area contributed by atoms with Gasteiger partial charge in [-0.3, -0.25) is 29.6 Å². The van der Waals surface area contributed by atoms with Crippen molar-refractivity contribution in [1.29, 1.82) is 0 Å². The molecule has 0 aliphatic carbocycles. The number of imide groups is 1. The third-order valence-corrected chi connectivity index (χ3v) is 12.5. The normalized spacial score (nSPS) is 23.0. The highest BCUT2D eigenvalue weighted by Gasteiger charge is 2.39. The molecule has 2 aromatic carbocycles. The molecule has 3 amide bonds. The molecule has 0 radical (unpaired) electrons. The SMILES string of the molecule is COc1cc(N2CCC(CN3CCC(c4ccc(C(=O)NC5CCC(=O)NC5=O)nc4)CC3)CC2)ccc1[C@@H]1c2[nH]c3ccccc3c2C[C@@H](C)N1CC(F)F. The Kier molecular flexibility index (Phi) is 11.1. The van der Waals surface area contributed by atoms with E-state index in [2.05, 4.69) is 60.7 Å². The van der Waals surface area contributed by atoms with Crippen LogP contribution in [0.2, 0.25) is 0 Å². The zero-order valence-electron chi connectivity index (χ0n) is 32.1. The molecular formula is C43H51F2N7O4. The van der Waals surface area contributed by atoms with E-state index in [9.17, 15) is 23.2 Å². The number of carbonyl (C=O) groups excluding carboxylic acids is 3. The van der Waals surface area contributed by atoms with Crippen LogP contribution in [-0.2, 0) is 16.0 Å². The van der Waals surface area contributed by atoms with Crippen LogP contribution in [0.5, 0.6) is 5.75 Å². The summed E-state index contributed by atoms with van der Waals surface area (Å²) < 4.78 is 34.0. The van der Waals surface area contributed by atoms with Gasteiger partial charge in [0.05, 0.1) is 19.7 Å². The summed E-state index contributed by atoms with van der Waals surface area (Å²) in [7, 11) is 1.67. The molecule has 8 rings (SSSR count). The fourth-order valence-electron chi connectivity index (χ4n) is 9.44. The number of methoxy groups -OCH3 is 1. The Labute approximate surface area is 326 Å². The van der Waals surface area contributed by atoms with Gasteiger partial charge in [0.25, 0.3) is 12.3 Å². The summed E-state index contributed by atoms with van der Waals surface area (Å²) in [6, 6.07) is 17.0. The molecule has 3 atom stereocenters. The number of rotatable bonds is 10. The Balaban J connectivity index is 0.855. The van der Waals surface area contributed by atoms with Gasteiger partial charge >= 0.3 is 0 Å². The smallest absolute Gasteiger partial charge is 0.270 e. The summed E-state index contributed by atoms with van der Waals surface area (Å²) in [6.45, 7) is 6.74. The molecule has 3 N–H and O–H groups in total. The van der Waals surface area contributed by atoms with E-state index in [1.807, 2.05) is 30.0 Å². The standard InChI is InChI=1S/C43H51F2N7O4/c1-26-21-33-31-5-3-4-6-34(31)47-40(33)41(52(26)25-38(44)45)32-9-8-30(22-37(32)56-2)51-19-13-27(14-20-51)24-50-17-15-28(16-18-50)29-7-10-35(46-23-29)42(54)48-36-11-12-39(53)49-43(36)55/h3-10,22-23,26-28,36,38,41,47H,11-21,24-25H2,1-2H3,(H,48,54)(H,49,53,55)/t26-,36?,41-/m1/s1. The Bertz CT molecular complexity index is 2060. The number of nitrogens with zero attached hydrogens (tertiary/aromatic N) is 4. The molecule has 3 fully saturated rings. The number of amides is 3. The van der Waals surface area contributed by atoms with Crippen LogP contribution >= 0.6 is 0 Å². The Hall–Kier alpha value is -4.88. The number of H-pyrrole nitrogens is 1. The Morgan fingerprint density at radius 3 is 2.50 bits per heavy atom. The van der Waals surface area contributed by atoms with Gasteiger partial charge in [-0.05, 0) is 99.7 Å². The minimum Gasteiger partial charge on any atom is -0.496 e. The second-order valence-corrected chi connectivity index (χ2v) is 16.0. The van der Waals surface area contributed by atoms with Crippen LogP contribution in [0.25, 0.3) is 10.9 Å². The highest BCUT2D eigenvalue weighted by atomic mass is 19.3. The van der Waals surface area contributed by atoms with Crippen molar-refractivity contribution in [3.63, 3.8) is 0 Å². The predicted molar refractivity (Wildman–Crippen MR) is 210 cm³/mol.